The maximum Gasteiger partial charge on any atom is 0.342 e. The van der Waals surface area contributed by atoms with Gasteiger partial charge in [0.15, 0.2) is 6.61 Å². The van der Waals surface area contributed by atoms with Crippen LogP contribution in [0.5, 0.6) is 0 Å². The van der Waals surface area contributed by atoms with Gasteiger partial charge >= 0.3 is 5.97 Å². The van der Waals surface area contributed by atoms with Crippen molar-refractivity contribution in [3.8, 4) is 0 Å². The van der Waals surface area contributed by atoms with E-state index in [0.29, 0.717) is 23.0 Å². The molecule has 2 aromatic rings. The molecule has 1 fully saturated rings. The van der Waals surface area contributed by atoms with E-state index in [4.69, 9.17) is 9.15 Å². The number of carbonyl (C=O) groups is 2. The van der Waals surface area contributed by atoms with E-state index in [1.165, 1.54) is 5.56 Å². The highest BCUT2D eigenvalue weighted by atomic mass is 16.5. The van der Waals surface area contributed by atoms with E-state index in [0.717, 1.165) is 37.9 Å². The minimum atomic E-state index is -0.492. The van der Waals surface area contributed by atoms with Crippen LogP contribution in [0.2, 0.25) is 0 Å². The highest BCUT2D eigenvalue weighted by Gasteiger charge is 2.25. The van der Waals surface area contributed by atoms with Crippen LogP contribution < -0.4 is 0 Å². The van der Waals surface area contributed by atoms with Gasteiger partial charge in [-0.3, -0.25) is 4.79 Å². The molecule has 5 nitrogen and oxygen atoms in total. The Hall–Kier alpha value is -2.56. The molecule has 1 aromatic carbocycles. The zero-order valence-corrected chi connectivity index (χ0v) is 16.3. The van der Waals surface area contributed by atoms with Crippen LogP contribution in [0, 0.1) is 26.7 Å². The van der Waals surface area contributed by atoms with Crippen molar-refractivity contribution in [2.45, 2.75) is 40.0 Å². The van der Waals surface area contributed by atoms with E-state index in [1.807, 2.05) is 19.9 Å². The smallest absolute Gasteiger partial charge is 0.342 e. The standard InChI is InChI=1S/C22H27NO4/c1-15-16(2)27-17(3)21(15)22(25)26-14-20(24)23-11-9-19(10-12-23)13-18-7-5-4-6-8-18/h4-8,19H,9-14H2,1-3H3. The Balaban J connectivity index is 1.46. The van der Waals surface area contributed by atoms with Crippen molar-refractivity contribution in [1.82, 2.24) is 4.90 Å². The number of hydrogen-bond donors (Lipinski definition) is 0. The molecule has 1 aliphatic heterocycles. The molecule has 3 rings (SSSR count). The summed E-state index contributed by atoms with van der Waals surface area (Å²) in [4.78, 5) is 26.5. The Labute approximate surface area is 160 Å². The number of carbonyl (C=O) groups excluding carboxylic acids is 2. The van der Waals surface area contributed by atoms with Crippen LogP contribution in [-0.2, 0) is 16.0 Å². The average molecular weight is 369 g/mol. The maximum atomic E-state index is 12.4. The molecule has 0 unspecified atom stereocenters. The Kier molecular flexibility index (Phi) is 5.99. The molecule has 1 saturated heterocycles. The molecule has 5 heteroatoms. The van der Waals surface area contributed by atoms with E-state index in [9.17, 15) is 9.59 Å². The van der Waals surface area contributed by atoms with Crippen molar-refractivity contribution in [2.24, 2.45) is 5.92 Å². The molecule has 144 valence electrons. The van der Waals surface area contributed by atoms with Gasteiger partial charge in [0.05, 0.1) is 0 Å². The number of nitrogens with zero attached hydrogens (tertiary/aromatic N) is 1. The van der Waals surface area contributed by atoms with Crippen LogP contribution in [0.1, 0.15) is 45.8 Å². The number of esters is 1. The van der Waals surface area contributed by atoms with Crippen molar-refractivity contribution in [3.05, 3.63) is 58.5 Å². The summed E-state index contributed by atoms with van der Waals surface area (Å²) in [5, 5.41) is 0. The lowest BCUT2D eigenvalue weighted by molar-refractivity contribution is -0.135. The van der Waals surface area contributed by atoms with Gasteiger partial charge in [0.25, 0.3) is 5.91 Å². The monoisotopic (exact) mass is 369 g/mol. The van der Waals surface area contributed by atoms with Gasteiger partial charge in [-0.25, -0.2) is 4.79 Å². The number of benzene rings is 1. The van der Waals surface area contributed by atoms with Gasteiger partial charge in [-0.2, -0.15) is 0 Å². The fourth-order valence-electron chi connectivity index (χ4n) is 3.72. The molecule has 0 aliphatic carbocycles. The molecule has 27 heavy (non-hydrogen) atoms. The van der Waals surface area contributed by atoms with E-state index >= 15 is 0 Å². The van der Waals surface area contributed by atoms with Crippen LogP contribution in [0.25, 0.3) is 0 Å². The molecule has 0 atom stereocenters. The molecule has 0 spiro atoms. The number of amides is 1. The summed E-state index contributed by atoms with van der Waals surface area (Å²) in [6, 6.07) is 10.5. The SMILES string of the molecule is Cc1oc(C)c(C(=O)OCC(=O)N2CCC(Cc3ccccc3)CC2)c1C. The summed E-state index contributed by atoms with van der Waals surface area (Å²) in [7, 11) is 0. The number of piperidine rings is 1. The zero-order valence-electron chi connectivity index (χ0n) is 16.3. The second-order valence-electron chi connectivity index (χ2n) is 7.30. The van der Waals surface area contributed by atoms with E-state index in [1.54, 1.807) is 11.8 Å². The lowest BCUT2D eigenvalue weighted by atomic mass is 9.90. The van der Waals surface area contributed by atoms with E-state index < -0.39 is 5.97 Å². The number of ether oxygens (including phenoxy) is 1. The third kappa shape index (κ3) is 4.59. The topological polar surface area (TPSA) is 59.8 Å². The van der Waals surface area contributed by atoms with E-state index in [2.05, 4.69) is 24.3 Å². The molecule has 0 bridgehead atoms. The predicted molar refractivity (Wildman–Crippen MR) is 103 cm³/mol. The predicted octanol–water partition coefficient (Wildman–Crippen LogP) is 3.84. The third-order valence-electron chi connectivity index (χ3n) is 5.43. The van der Waals surface area contributed by atoms with Crippen LogP contribution in [0.15, 0.2) is 34.7 Å². The first kappa shape index (κ1) is 19.2. The molecule has 1 aromatic heterocycles. The number of aryl methyl sites for hydroxylation is 2. The van der Waals surface area contributed by atoms with Crippen LogP contribution >= 0.6 is 0 Å². The number of hydrogen-bond acceptors (Lipinski definition) is 4. The number of rotatable bonds is 5. The first-order chi connectivity index (χ1) is 13.0. The van der Waals surface area contributed by atoms with Gasteiger partial charge < -0.3 is 14.1 Å². The van der Waals surface area contributed by atoms with Gasteiger partial charge in [-0.05, 0) is 51.5 Å². The third-order valence-corrected chi connectivity index (χ3v) is 5.43. The summed E-state index contributed by atoms with van der Waals surface area (Å²) in [5.74, 6) is 1.21. The van der Waals surface area contributed by atoms with Crippen molar-refractivity contribution < 1.29 is 18.7 Å². The minimum absolute atomic E-state index is 0.128. The highest BCUT2D eigenvalue weighted by molar-refractivity contribution is 5.93. The second kappa shape index (κ2) is 8.42. The molecule has 1 aliphatic rings. The molecule has 0 saturated carbocycles. The van der Waals surface area contributed by atoms with Gasteiger partial charge in [0, 0.05) is 18.7 Å². The molecular formula is C22H27NO4. The molecule has 0 radical (unpaired) electrons. The number of likely N-dealkylation sites (tertiary alicyclic amines) is 1. The fraction of sp³-hybridized carbons (Fsp3) is 0.455. The Morgan fingerprint density at radius 3 is 2.33 bits per heavy atom. The number of furan rings is 1. The first-order valence-electron chi connectivity index (χ1n) is 9.51. The largest absolute Gasteiger partial charge is 0.465 e. The van der Waals surface area contributed by atoms with Gasteiger partial charge in [0.1, 0.15) is 17.1 Å². The minimum Gasteiger partial charge on any atom is -0.465 e. The average Bonchev–Trinajstić information content (AvgIpc) is 2.93. The van der Waals surface area contributed by atoms with Gasteiger partial charge in [0.2, 0.25) is 0 Å². The second-order valence-corrected chi connectivity index (χ2v) is 7.30. The van der Waals surface area contributed by atoms with Crippen molar-refractivity contribution >= 4 is 11.9 Å². The normalized spacial score (nSPS) is 15.0. The summed E-state index contributed by atoms with van der Waals surface area (Å²) in [6.07, 6.45) is 3.01. The molecule has 1 amide bonds. The fourth-order valence-corrected chi connectivity index (χ4v) is 3.72. The Bertz CT molecular complexity index is 801. The van der Waals surface area contributed by atoms with Gasteiger partial charge in [-0.1, -0.05) is 30.3 Å². The van der Waals surface area contributed by atoms with Crippen LogP contribution in [0.3, 0.4) is 0 Å². The van der Waals surface area contributed by atoms with Crippen molar-refractivity contribution in [3.63, 3.8) is 0 Å². The lowest BCUT2D eigenvalue weighted by Crippen LogP contribution is -2.41. The van der Waals surface area contributed by atoms with Crippen molar-refractivity contribution in [2.75, 3.05) is 19.7 Å². The summed E-state index contributed by atoms with van der Waals surface area (Å²) in [5.41, 5.74) is 2.55. The molecular weight excluding hydrogens is 342 g/mol. The summed E-state index contributed by atoms with van der Waals surface area (Å²) in [6.45, 7) is 6.58. The summed E-state index contributed by atoms with van der Waals surface area (Å²) >= 11 is 0. The van der Waals surface area contributed by atoms with Crippen molar-refractivity contribution in [1.29, 1.82) is 0 Å². The lowest BCUT2D eigenvalue weighted by Gasteiger charge is -2.32. The van der Waals surface area contributed by atoms with Gasteiger partial charge in [-0.15, -0.1) is 0 Å². The van der Waals surface area contributed by atoms with Crippen LogP contribution in [-0.4, -0.2) is 36.5 Å². The Morgan fingerprint density at radius 2 is 1.74 bits per heavy atom. The molecule has 2 heterocycles. The quantitative estimate of drug-likeness (QED) is 0.751. The maximum absolute atomic E-state index is 12.4. The summed E-state index contributed by atoms with van der Waals surface area (Å²) < 4.78 is 10.7. The highest BCUT2D eigenvalue weighted by Crippen LogP contribution is 2.23. The Morgan fingerprint density at radius 1 is 1.07 bits per heavy atom. The zero-order chi connectivity index (χ0) is 19.4. The molecule has 0 N–H and O–H groups in total. The van der Waals surface area contributed by atoms with Crippen LogP contribution in [0.4, 0.5) is 0 Å². The first-order valence-corrected chi connectivity index (χ1v) is 9.51. The van der Waals surface area contributed by atoms with E-state index in [-0.39, 0.29) is 12.5 Å².